The number of hydrogen-bond acceptors (Lipinski definition) is 5. The Bertz CT molecular complexity index is 757. The smallest absolute Gasteiger partial charge is 0.338 e. The molecule has 1 aliphatic heterocycles. The highest BCUT2D eigenvalue weighted by Gasteiger charge is 2.21. The summed E-state index contributed by atoms with van der Waals surface area (Å²) in [5, 5.41) is 2.68. The monoisotopic (exact) mass is 341 g/mol. The van der Waals surface area contributed by atoms with Crippen molar-refractivity contribution in [3.05, 3.63) is 59.7 Å². The molecule has 130 valence electrons. The quantitative estimate of drug-likeness (QED) is 0.843. The fraction of sp³-hybridized carbons (Fsp3) is 0.263. The highest BCUT2D eigenvalue weighted by molar-refractivity contribution is 5.91. The molecule has 0 unspecified atom stereocenters. The van der Waals surface area contributed by atoms with Crippen LogP contribution in [0.25, 0.3) is 0 Å². The lowest BCUT2D eigenvalue weighted by molar-refractivity contribution is -0.124. The number of esters is 1. The van der Waals surface area contributed by atoms with E-state index in [4.69, 9.17) is 14.2 Å². The van der Waals surface area contributed by atoms with Crippen LogP contribution >= 0.6 is 0 Å². The van der Waals surface area contributed by atoms with Gasteiger partial charge in [0.1, 0.15) is 12.7 Å². The zero-order chi connectivity index (χ0) is 17.6. The van der Waals surface area contributed by atoms with Gasteiger partial charge in [0.25, 0.3) is 5.91 Å². The van der Waals surface area contributed by atoms with Gasteiger partial charge in [-0.05, 0) is 31.2 Å². The summed E-state index contributed by atoms with van der Waals surface area (Å²) in [7, 11) is 0. The molecule has 6 heteroatoms. The van der Waals surface area contributed by atoms with Crippen LogP contribution in [0.4, 0.5) is 0 Å². The number of ether oxygens (including phenoxy) is 3. The second kappa shape index (κ2) is 7.70. The number of nitrogens with one attached hydrogen (secondary N) is 1. The molecule has 1 atom stereocenters. The van der Waals surface area contributed by atoms with Crippen molar-refractivity contribution < 1.29 is 23.8 Å². The maximum absolute atomic E-state index is 11.9. The van der Waals surface area contributed by atoms with Crippen LogP contribution in [0.1, 0.15) is 15.9 Å². The lowest BCUT2D eigenvalue weighted by Crippen LogP contribution is -2.42. The van der Waals surface area contributed by atoms with Crippen molar-refractivity contribution in [1.82, 2.24) is 5.32 Å². The minimum absolute atomic E-state index is 0.273. The van der Waals surface area contributed by atoms with Crippen molar-refractivity contribution in [2.45, 2.75) is 13.0 Å². The molecule has 1 amide bonds. The number of fused-ring (bicyclic) bond motifs is 1. The summed E-state index contributed by atoms with van der Waals surface area (Å²) >= 11 is 0. The Morgan fingerprint density at radius 2 is 1.84 bits per heavy atom. The summed E-state index contributed by atoms with van der Waals surface area (Å²) in [5.41, 5.74) is 1.46. The SMILES string of the molecule is Cc1ccc(C(=O)OCC(=O)NC[C@@H]2COc3ccccc3O2)cc1. The van der Waals surface area contributed by atoms with Crippen molar-refractivity contribution in [3.63, 3.8) is 0 Å². The molecule has 3 rings (SSSR count). The zero-order valence-corrected chi connectivity index (χ0v) is 13.9. The average Bonchev–Trinajstić information content (AvgIpc) is 2.65. The Balaban J connectivity index is 1.41. The molecule has 0 saturated carbocycles. The summed E-state index contributed by atoms with van der Waals surface area (Å²) in [6.45, 7) is 2.21. The van der Waals surface area contributed by atoms with Gasteiger partial charge < -0.3 is 19.5 Å². The highest BCUT2D eigenvalue weighted by atomic mass is 16.6. The third-order valence-electron chi connectivity index (χ3n) is 3.72. The van der Waals surface area contributed by atoms with E-state index < -0.39 is 5.97 Å². The summed E-state index contributed by atoms with van der Waals surface area (Å²) in [6.07, 6.45) is -0.286. The van der Waals surface area contributed by atoms with Gasteiger partial charge in [0, 0.05) is 0 Å². The molecular weight excluding hydrogens is 322 g/mol. The first-order valence-electron chi connectivity index (χ1n) is 8.01. The number of carbonyl (C=O) groups is 2. The number of aryl methyl sites for hydroxylation is 1. The van der Waals surface area contributed by atoms with E-state index in [2.05, 4.69) is 5.32 Å². The van der Waals surface area contributed by atoms with Crippen molar-refractivity contribution >= 4 is 11.9 Å². The van der Waals surface area contributed by atoms with Gasteiger partial charge in [0.15, 0.2) is 18.1 Å². The van der Waals surface area contributed by atoms with Gasteiger partial charge >= 0.3 is 5.97 Å². The average molecular weight is 341 g/mol. The van der Waals surface area contributed by atoms with Gasteiger partial charge in [0.05, 0.1) is 12.1 Å². The molecule has 0 saturated heterocycles. The number of hydrogen-bond donors (Lipinski definition) is 1. The molecule has 1 N–H and O–H groups in total. The molecule has 1 heterocycles. The molecule has 0 aromatic heterocycles. The van der Waals surface area contributed by atoms with Crippen LogP contribution in [-0.2, 0) is 9.53 Å². The third-order valence-corrected chi connectivity index (χ3v) is 3.72. The van der Waals surface area contributed by atoms with Crippen LogP contribution in [0.2, 0.25) is 0 Å². The molecule has 0 bridgehead atoms. The predicted molar refractivity (Wildman–Crippen MR) is 90.8 cm³/mol. The van der Waals surface area contributed by atoms with E-state index in [1.54, 1.807) is 12.1 Å². The summed E-state index contributed by atoms with van der Waals surface area (Å²) in [5.74, 6) is 0.431. The number of para-hydroxylation sites is 2. The van der Waals surface area contributed by atoms with Crippen LogP contribution in [0, 0.1) is 6.92 Å². The Hall–Kier alpha value is -3.02. The van der Waals surface area contributed by atoms with Crippen molar-refractivity contribution in [3.8, 4) is 11.5 Å². The van der Waals surface area contributed by atoms with Crippen LogP contribution in [0.15, 0.2) is 48.5 Å². The Labute approximate surface area is 145 Å². The number of carbonyl (C=O) groups excluding carboxylic acids is 2. The first-order valence-corrected chi connectivity index (χ1v) is 8.01. The van der Waals surface area contributed by atoms with Crippen LogP contribution in [0.5, 0.6) is 11.5 Å². The van der Waals surface area contributed by atoms with Crippen molar-refractivity contribution in [2.24, 2.45) is 0 Å². The molecule has 0 aliphatic carbocycles. The first-order chi connectivity index (χ1) is 12.1. The lowest BCUT2D eigenvalue weighted by atomic mass is 10.1. The van der Waals surface area contributed by atoms with Gasteiger partial charge in [-0.1, -0.05) is 29.8 Å². The van der Waals surface area contributed by atoms with E-state index in [1.165, 1.54) is 0 Å². The zero-order valence-electron chi connectivity index (χ0n) is 13.9. The minimum atomic E-state index is -0.527. The fourth-order valence-corrected chi connectivity index (χ4v) is 2.35. The highest BCUT2D eigenvalue weighted by Crippen LogP contribution is 2.30. The molecule has 1 aliphatic rings. The largest absolute Gasteiger partial charge is 0.486 e. The normalized spacial score (nSPS) is 15.3. The number of rotatable bonds is 5. The molecule has 2 aromatic carbocycles. The Morgan fingerprint density at radius 1 is 1.12 bits per heavy atom. The van der Waals surface area contributed by atoms with Crippen LogP contribution in [0.3, 0.4) is 0 Å². The van der Waals surface area contributed by atoms with E-state index in [-0.39, 0.29) is 25.2 Å². The van der Waals surface area contributed by atoms with E-state index in [0.717, 1.165) is 5.56 Å². The molecule has 2 aromatic rings. The minimum Gasteiger partial charge on any atom is -0.486 e. The van der Waals surface area contributed by atoms with Crippen molar-refractivity contribution in [1.29, 1.82) is 0 Å². The van der Waals surface area contributed by atoms with Crippen molar-refractivity contribution in [2.75, 3.05) is 19.8 Å². The topological polar surface area (TPSA) is 73.9 Å². The molecular formula is C19H19NO5. The first kappa shape index (κ1) is 16.8. The van der Waals surface area contributed by atoms with Gasteiger partial charge in [0.2, 0.25) is 0 Å². The van der Waals surface area contributed by atoms with E-state index in [9.17, 15) is 9.59 Å². The van der Waals surface area contributed by atoms with Gasteiger partial charge in [-0.25, -0.2) is 4.79 Å². The van der Waals surface area contributed by atoms with E-state index in [1.807, 2.05) is 43.3 Å². The van der Waals surface area contributed by atoms with E-state index in [0.29, 0.717) is 23.7 Å². The van der Waals surface area contributed by atoms with E-state index >= 15 is 0 Å². The molecule has 6 nitrogen and oxygen atoms in total. The standard InChI is InChI=1S/C19H19NO5/c1-13-6-8-14(9-7-13)19(22)24-12-18(21)20-10-15-11-23-16-4-2-3-5-17(16)25-15/h2-9,15H,10-12H2,1H3,(H,20,21)/t15-/m1/s1. The second-order valence-electron chi connectivity index (χ2n) is 5.74. The molecule has 25 heavy (non-hydrogen) atoms. The molecule has 0 radical (unpaired) electrons. The van der Waals surface area contributed by atoms with Gasteiger partial charge in [-0.15, -0.1) is 0 Å². The Morgan fingerprint density at radius 3 is 2.60 bits per heavy atom. The Kier molecular flexibility index (Phi) is 5.18. The fourth-order valence-electron chi connectivity index (χ4n) is 2.35. The van der Waals surface area contributed by atoms with Gasteiger partial charge in [-0.2, -0.15) is 0 Å². The maximum atomic E-state index is 11.9. The van der Waals surface area contributed by atoms with Crippen LogP contribution < -0.4 is 14.8 Å². The summed E-state index contributed by atoms with van der Waals surface area (Å²) in [4.78, 5) is 23.7. The summed E-state index contributed by atoms with van der Waals surface area (Å²) in [6, 6.07) is 14.3. The van der Waals surface area contributed by atoms with Crippen LogP contribution in [-0.4, -0.2) is 37.7 Å². The summed E-state index contributed by atoms with van der Waals surface area (Å²) < 4.78 is 16.3. The maximum Gasteiger partial charge on any atom is 0.338 e. The predicted octanol–water partition coefficient (Wildman–Crippen LogP) is 2.11. The third kappa shape index (κ3) is 4.50. The number of amides is 1. The van der Waals surface area contributed by atoms with Gasteiger partial charge in [-0.3, -0.25) is 4.79 Å². The molecule has 0 spiro atoms. The molecule has 0 fully saturated rings. The second-order valence-corrected chi connectivity index (χ2v) is 5.74. The number of benzene rings is 2. The lowest BCUT2D eigenvalue weighted by Gasteiger charge is -2.26.